The molecule has 6 heterocycles. The standard InChI is InChI=1S/C21H27FN11O7PS/c22-6-21(7-34)4-13(18(40-21)32-16-14(30-31-32)17(36)29-19(23)28-16)41(37,42)38-2-1-11-10(35)3-12(39-11)9-5-27-33-15(9)25-8-26-20(33)24/h5,8,10-13,18,34-35H,1-4,6-7H2,(H,37,42)(H2,24,25,26)(H3,23,28,29,36)/t10-,11+,12+,13+,18+,21+,41?/m0/s1. The van der Waals surface area contributed by atoms with Crippen molar-refractivity contribution >= 4 is 47.0 Å². The number of hydrogen-bond acceptors (Lipinski definition) is 15. The Morgan fingerprint density at radius 1 is 1.33 bits per heavy atom. The molecular formula is C21H27FN11O7PS. The Bertz CT molecular complexity index is 1730. The summed E-state index contributed by atoms with van der Waals surface area (Å²) < 4.78 is 34.2. The van der Waals surface area contributed by atoms with Crippen molar-refractivity contribution in [2.45, 2.75) is 55.1 Å². The average molecular weight is 628 g/mol. The molecule has 7 atom stereocenters. The van der Waals surface area contributed by atoms with E-state index in [1.54, 1.807) is 6.20 Å². The number of aromatic nitrogens is 9. The van der Waals surface area contributed by atoms with Crippen LogP contribution >= 0.6 is 6.49 Å². The molecule has 4 aromatic heterocycles. The van der Waals surface area contributed by atoms with E-state index in [1.807, 2.05) is 0 Å². The zero-order valence-corrected chi connectivity index (χ0v) is 23.4. The molecule has 0 radical (unpaired) electrons. The van der Waals surface area contributed by atoms with Gasteiger partial charge in [-0.15, -0.1) is 5.10 Å². The van der Waals surface area contributed by atoms with Crippen LogP contribution in [0.1, 0.15) is 37.2 Å². The third kappa shape index (κ3) is 4.92. The molecule has 226 valence electrons. The van der Waals surface area contributed by atoms with Gasteiger partial charge in [-0.25, -0.2) is 14.4 Å². The predicted molar refractivity (Wildman–Crippen MR) is 145 cm³/mol. The van der Waals surface area contributed by atoms with E-state index in [0.29, 0.717) is 11.2 Å². The van der Waals surface area contributed by atoms with Crippen LogP contribution in [0.5, 0.6) is 0 Å². The molecule has 1 unspecified atom stereocenters. The van der Waals surface area contributed by atoms with Crippen molar-refractivity contribution in [1.29, 1.82) is 0 Å². The number of hydrogen-bond donors (Lipinski definition) is 6. The highest BCUT2D eigenvalue weighted by atomic mass is 32.5. The number of fused-ring (bicyclic) bond motifs is 2. The molecule has 0 amide bonds. The van der Waals surface area contributed by atoms with Crippen LogP contribution in [0.15, 0.2) is 17.3 Å². The van der Waals surface area contributed by atoms with Gasteiger partial charge in [0.15, 0.2) is 29.5 Å². The Hall–Kier alpha value is -3.23. The Balaban J connectivity index is 1.18. The van der Waals surface area contributed by atoms with Gasteiger partial charge in [-0.2, -0.15) is 19.3 Å². The number of rotatable bonds is 9. The van der Waals surface area contributed by atoms with E-state index in [9.17, 15) is 24.3 Å². The van der Waals surface area contributed by atoms with Crippen LogP contribution in [0.4, 0.5) is 16.3 Å². The molecular weight excluding hydrogens is 600 g/mol. The lowest BCUT2D eigenvalue weighted by molar-refractivity contribution is -0.110. The molecule has 2 aliphatic heterocycles. The van der Waals surface area contributed by atoms with Crippen LogP contribution < -0.4 is 17.0 Å². The maximum Gasteiger partial charge on any atom is 0.282 e. The van der Waals surface area contributed by atoms with Gasteiger partial charge in [0.1, 0.15) is 18.6 Å². The molecule has 2 aliphatic rings. The van der Waals surface area contributed by atoms with E-state index in [4.69, 9.17) is 37.3 Å². The van der Waals surface area contributed by atoms with Crippen LogP contribution in [0, 0.1) is 0 Å². The van der Waals surface area contributed by atoms with E-state index >= 15 is 0 Å². The number of nitrogens with one attached hydrogen (secondary N) is 1. The molecule has 18 nitrogen and oxygen atoms in total. The first-order chi connectivity index (χ1) is 20.1. The van der Waals surface area contributed by atoms with Gasteiger partial charge < -0.3 is 40.6 Å². The lowest BCUT2D eigenvalue weighted by Crippen LogP contribution is -2.35. The van der Waals surface area contributed by atoms with E-state index < -0.39 is 61.1 Å². The van der Waals surface area contributed by atoms with Gasteiger partial charge >= 0.3 is 0 Å². The van der Waals surface area contributed by atoms with Crippen molar-refractivity contribution < 1.29 is 33.5 Å². The number of alkyl halides is 1. The number of nitrogen functional groups attached to an aromatic ring is 2. The molecule has 4 aromatic rings. The summed E-state index contributed by atoms with van der Waals surface area (Å²) in [6, 6.07) is 0. The fourth-order valence-corrected chi connectivity index (χ4v) is 7.66. The SMILES string of the molecule is Nc1nc2c(nnn2[C@@H]2O[C@@](CO)(CF)C[C@H]2P(O)(=S)OCC[C@H]2O[C@@H](c3cnn4c(N)ncnc34)C[C@@H]2O)c(=O)[nH]1. The van der Waals surface area contributed by atoms with Gasteiger partial charge in [-0.3, -0.25) is 9.78 Å². The second kappa shape index (κ2) is 10.8. The molecule has 42 heavy (non-hydrogen) atoms. The van der Waals surface area contributed by atoms with Crippen molar-refractivity contribution in [3.63, 3.8) is 0 Å². The van der Waals surface area contributed by atoms with Gasteiger partial charge in [-0.05, 0) is 24.6 Å². The molecule has 0 spiro atoms. The first kappa shape index (κ1) is 28.9. The largest absolute Gasteiger partial charge is 0.393 e. The fraction of sp³-hybridized carbons (Fsp3) is 0.571. The van der Waals surface area contributed by atoms with Crippen LogP contribution in [0.2, 0.25) is 0 Å². The highest BCUT2D eigenvalue weighted by Gasteiger charge is 2.54. The molecule has 0 aromatic carbocycles. The van der Waals surface area contributed by atoms with Gasteiger partial charge in [0, 0.05) is 12.0 Å². The number of nitrogens with zero attached hydrogens (tertiary/aromatic N) is 8. The summed E-state index contributed by atoms with van der Waals surface area (Å²) in [5.74, 6) is -0.0711. The van der Waals surface area contributed by atoms with Gasteiger partial charge in [0.2, 0.25) is 11.9 Å². The second-order valence-corrected chi connectivity index (χ2v) is 13.8. The van der Waals surface area contributed by atoms with Gasteiger partial charge in [-0.1, -0.05) is 5.21 Å². The summed E-state index contributed by atoms with van der Waals surface area (Å²) in [5, 5.41) is 32.5. The van der Waals surface area contributed by atoms with E-state index in [1.165, 1.54) is 10.8 Å². The first-order valence-corrected chi connectivity index (χ1v) is 15.5. The summed E-state index contributed by atoms with van der Waals surface area (Å²) in [5.41, 5.74) is 8.89. The zero-order valence-electron chi connectivity index (χ0n) is 21.7. The summed E-state index contributed by atoms with van der Waals surface area (Å²) >= 11 is 5.50. The van der Waals surface area contributed by atoms with E-state index in [0.717, 1.165) is 4.68 Å². The number of anilines is 2. The second-order valence-electron chi connectivity index (χ2n) is 10.1. The zero-order chi connectivity index (χ0) is 29.8. The third-order valence-corrected chi connectivity index (χ3v) is 10.4. The number of nitrogens with two attached hydrogens (primary N) is 2. The number of aliphatic hydroxyl groups is 2. The Morgan fingerprint density at radius 3 is 2.90 bits per heavy atom. The lowest BCUT2D eigenvalue weighted by Gasteiger charge is -2.27. The normalized spacial score (nSPS) is 29.5. The predicted octanol–water partition coefficient (Wildman–Crippen LogP) is -1.30. The molecule has 21 heteroatoms. The van der Waals surface area contributed by atoms with Crippen LogP contribution in [-0.2, 0) is 25.8 Å². The summed E-state index contributed by atoms with van der Waals surface area (Å²) in [4.78, 5) is 38.1. The number of H-pyrrole nitrogens is 1. The van der Waals surface area contributed by atoms with Crippen LogP contribution in [-0.4, -0.2) is 103 Å². The Labute approximate surface area is 240 Å². The molecule has 6 rings (SSSR count). The van der Waals surface area contributed by atoms with Crippen molar-refractivity contribution in [3.05, 3.63) is 28.4 Å². The van der Waals surface area contributed by atoms with Gasteiger partial charge in [0.25, 0.3) is 5.56 Å². The Kier molecular flexibility index (Phi) is 7.42. The number of halogens is 1. The van der Waals surface area contributed by atoms with Gasteiger partial charge in [0.05, 0.1) is 43.4 Å². The van der Waals surface area contributed by atoms with Crippen molar-refractivity contribution in [1.82, 2.24) is 44.5 Å². The minimum Gasteiger partial charge on any atom is -0.393 e. The van der Waals surface area contributed by atoms with E-state index in [2.05, 4.69) is 35.3 Å². The molecule has 0 saturated carbocycles. The number of aliphatic hydroxyl groups excluding tert-OH is 2. The molecule has 0 aliphatic carbocycles. The molecule has 8 N–H and O–H groups in total. The average Bonchev–Trinajstić information content (AvgIpc) is 3.73. The topological polar surface area (TPSA) is 260 Å². The maximum atomic E-state index is 14.1. The highest BCUT2D eigenvalue weighted by Crippen LogP contribution is 2.59. The minimum absolute atomic E-state index is 0.0814. The van der Waals surface area contributed by atoms with Crippen molar-refractivity contribution in [3.8, 4) is 0 Å². The van der Waals surface area contributed by atoms with Crippen LogP contribution in [0.3, 0.4) is 0 Å². The molecule has 0 bridgehead atoms. The van der Waals surface area contributed by atoms with Crippen LogP contribution in [0.25, 0.3) is 16.8 Å². The summed E-state index contributed by atoms with van der Waals surface area (Å²) in [7, 11) is 0. The fourth-order valence-electron chi connectivity index (χ4n) is 5.27. The number of aromatic amines is 1. The minimum atomic E-state index is -3.81. The maximum absolute atomic E-state index is 14.1. The monoisotopic (exact) mass is 627 g/mol. The quantitative estimate of drug-likeness (QED) is 0.118. The summed E-state index contributed by atoms with van der Waals surface area (Å²) in [6.45, 7) is -5.76. The first-order valence-electron chi connectivity index (χ1n) is 12.8. The third-order valence-electron chi connectivity index (χ3n) is 7.43. The smallest absolute Gasteiger partial charge is 0.282 e. The van der Waals surface area contributed by atoms with Crippen molar-refractivity contribution in [2.75, 3.05) is 31.4 Å². The molecule has 2 saturated heterocycles. The van der Waals surface area contributed by atoms with E-state index in [-0.39, 0.29) is 48.9 Å². The number of ether oxygens (including phenoxy) is 2. The van der Waals surface area contributed by atoms with Crippen molar-refractivity contribution in [2.24, 2.45) is 0 Å². The Morgan fingerprint density at radius 2 is 2.14 bits per heavy atom. The lowest BCUT2D eigenvalue weighted by atomic mass is 10.0. The summed E-state index contributed by atoms with van der Waals surface area (Å²) in [6.07, 6.45) is -0.307. The molecule has 2 fully saturated rings. The highest BCUT2D eigenvalue weighted by molar-refractivity contribution is 8.09.